The summed E-state index contributed by atoms with van der Waals surface area (Å²) in [6.45, 7) is 0. The Morgan fingerprint density at radius 3 is 1.16 bits per heavy atom. The van der Waals surface area contributed by atoms with Gasteiger partial charge < -0.3 is 0 Å². The van der Waals surface area contributed by atoms with Crippen molar-refractivity contribution in [1.82, 2.24) is 15.0 Å². The maximum absolute atomic E-state index is 4.95. The molecule has 202 valence electrons. The van der Waals surface area contributed by atoms with E-state index < -0.39 is 0 Å². The molecule has 0 atom stereocenters. The van der Waals surface area contributed by atoms with Crippen molar-refractivity contribution < 1.29 is 0 Å². The average molecular weight is 568 g/mol. The minimum absolute atomic E-state index is 0.668. The second kappa shape index (κ2) is 10.8. The highest BCUT2D eigenvalue weighted by molar-refractivity contribution is 7.25. The van der Waals surface area contributed by atoms with Crippen LogP contribution in [0.3, 0.4) is 0 Å². The molecule has 0 spiro atoms. The summed E-state index contributed by atoms with van der Waals surface area (Å²) in [5.41, 5.74) is 7.76. The molecule has 0 saturated heterocycles. The molecule has 0 aliphatic heterocycles. The predicted octanol–water partition coefficient (Wildman–Crippen LogP) is 10.6. The lowest BCUT2D eigenvalue weighted by atomic mass is 9.99. The molecule has 0 aliphatic rings. The van der Waals surface area contributed by atoms with Crippen molar-refractivity contribution in [3.8, 4) is 56.4 Å². The van der Waals surface area contributed by atoms with Crippen molar-refractivity contribution in [2.24, 2.45) is 0 Å². The number of fused-ring (bicyclic) bond motifs is 3. The van der Waals surface area contributed by atoms with E-state index in [1.54, 1.807) is 0 Å². The van der Waals surface area contributed by atoms with Crippen LogP contribution in [0.1, 0.15) is 0 Å². The Kier molecular flexibility index (Phi) is 6.32. The molecule has 0 fully saturated rings. The Morgan fingerprint density at radius 1 is 0.302 bits per heavy atom. The summed E-state index contributed by atoms with van der Waals surface area (Å²) in [4.78, 5) is 14.8. The van der Waals surface area contributed by atoms with Crippen LogP contribution in [0.25, 0.3) is 76.6 Å². The third-order valence-electron chi connectivity index (χ3n) is 7.75. The van der Waals surface area contributed by atoms with Gasteiger partial charge in [0.2, 0.25) is 0 Å². The minimum Gasteiger partial charge on any atom is -0.208 e. The van der Waals surface area contributed by atoms with Gasteiger partial charge in [0, 0.05) is 36.9 Å². The highest BCUT2D eigenvalue weighted by Crippen LogP contribution is 2.38. The zero-order valence-corrected chi connectivity index (χ0v) is 24.0. The molecule has 6 aromatic carbocycles. The lowest BCUT2D eigenvalue weighted by Gasteiger charge is -2.08. The van der Waals surface area contributed by atoms with Crippen LogP contribution < -0.4 is 0 Å². The van der Waals surface area contributed by atoms with Crippen molar-refractivity contribution in [1.29, 1.82) is 0 Å². The number of thiophene rings is 1. The van der Waals surface area contributed by atoms with E-state index in [9.17, 15) is 0 Å². The monoisotopic (exact) mass is 567 g/mol. The Bertz CT molecular complexity index is 2150. The fraction of sp³-hybridized carbons (Fsp3) is 0. The van der Waals surface area contributed by atoms with Crippen LogP contribution in [0.15, 0.2) is 152 Å². The van der Waals surface area contributed by atoms with Gasteiger partial charge in [-0.05, 0) is 52.6 Å². The normalized spacial score (nSPS) is 11.3. The second-order valence-corrected chi connectivity index (χ2v) is 11.6. The Labute approximate surface area is 253 Å². The molecule has 0 bridgehead atoms. The van der Waals surface area contributed by atoms with Gasteiger partial charge in [-0.2, -0.15) is 0 Å². The number of hydrogen-bond donors (Lipinski definition) is 0. The summed E-state index contributed by atoms with van der Waals surface area (Å²) >= 11 is 1.82. The van der Waals surface area contributed by atoms with Gasteiger partial charge in [0.15, 0.2) is 17.5 Å². The summed E-state index contributed by atoms with van der Waals surface area (Å²) in [6, 6.07) is 52.9. The molecule has 3 nitrogen and oxygen atoms in total. The zero-order chi connectivity index (χ0) is 28.6. The van der Waals surface area contributed by atoms with Crippen molar-refractivity contribution in [2.75, 3.05) is 0 Å². The van der Waals surface area contributed by atoms with Gasteiger partial charge in [0.25, 0.3) is 0 Å². The van der Waals surface area contributed by atoms with E-state index in [2.05, 4.69) is 91.0 Å². The average Bonchev–Trinajstić information content (AvgIpc) is 3.46. The smallest absolute Gasteiger partial charge is 0.164 e. The van der Waals surface area contributed by atoms with Gasteiger partial charge in [0.1, 0.15) is 0 Å². The zero-order valence-electron chi connectivity index (χ0n) is 23.2. The first kappa shape index (κ1) is 25.3. The molecule has 2 aromatic heterocycles. The summed E-state index contributed by atoms with van der Waals surface area (Å²) in [6.07, 6.45) is 0. The van der Waals surface area contributed by atoms with Gasteiger partial charge in [0.05, 0.1) is 0 Å². The molecular formula is C39H25N3S. The molecule has 0 aliphatic carbocycles. The molecule has 0 radical (unpaired) electrons. The van der Waals surface area contributed by atoms with Crippen molar-refractivity contribution >= 4 is 31.5 Å². The van der Waals surface area contributed by atoms with Crippen LogP contribution >= 0.6 is 11.3 Å². The number of nitrogens with zero attached hydrogens (tertiary/aromatic N) is 3. The highest BCUT2D eigenvalue weighted by Gasteiger charge is 2.14. The quantitative estimate of drug-likeness (QED) is 0.208. The minimum atomic E-state index is 0.668. The highest BCUT2D eigenvalue weighted by atomic mass is 32.1. The molecule has 8 rings (SSSR count). The topological polar surface area (TPSA) is 38.7 Å². The molecule has 43 heavy (non-hydrogen) atoms. The molecule has 8 aromatic rings. The molecular weight excluding hydrogens is 543 g/mol. The van der Waals surface area contributed by atoms with Gasteiger partial charge in [-0.1, -0.05) is 121 Å². The number of hydrogen-bond acceptors (Lipinski definition) is 4. The van der Waals surface area contributed by atoms with E-state index >= 15 is 0 Å². The first-order chi connectivity index (χ1) is 21.3. The molecule has 0 saturated carbocycles. The molecule has 4 heteroatoms. The van der Waals surface area contributed by atoms with Crippen LogP contribution in [-0.2, 0) is 0 Å². The molecule has 0 unspecified atom stereocenters. The van der Waals surface area contributed by atoms with Crippen LogP contribution in [0.2, 0.25) is 0 Å². The maximum atomic E-state index is 4.95. The maximum Gasteiger partial charge on any atom is 0.164 e. The summed E-state index contributed by atoms with van der Waals surface area (Å²) in [7, 11) is 0. The van der Waals surface area contributed by atoms with Crippen LogP contribution in [-0.4, -0.2) is 15.0 Å². The Morgan fingerprint density at radius 2 is 0.651 bits per heavy atom. The molecule has 2 heterocycles. The van der Waals surface area contributed by atoms with E-state index in [1.165, 1.54) is 42.4 Å². The summed E-state index contributed by atoms with van der Waals surface area (Å²) in [5.74, 6) is 2.00. The third-order valence-corrected chi connectivity index (χ3v) is 8.90. The second-order valence-electron chi connectivity index (χ2n) is 10.5. The lowest BCUT2D eigenvalue weighted by molar-refractivity contribution is 1.07. The first-order valence-electron chi connectivity index (χ1n) is 14.3. The Balaban J connectivity index is 1.23. The number of benzene rings is 6. The largest absolute Gasteiger partial charge is 0.208 e. The van der Waals surface area contributed by atoms with Crippen LogP contribution in [0.4, 0.5) is 0 Å². The number of rotatable bonds is 5. The van der Waals surface area contributed by atoms with Crippen molar-refractivity contribution in [2.45, 2.75) is 0 Å². The Hall–Kier alpha value is -5.45. The van der Waals surface area contributed by atoms with Gasteiger partial charge in [-0.15, -0.1) is 11.3 Å². The standard InChI is InChI=1S/C39H25N3S/c1-4-10-26(11-5-1)27-16-18-28(19-17-27)31-20-22-35-33(24-31)34-25-32(21-23-36(34)43-35)39-41-37(29-12-6-2-7-13-29)40-38(42-39)30-14-8-3-9-15-30/h1-25H. The predicted molar refractivity (Wildman–Crippen MR) is 180 cm³/mol. The summed E-state index contributed by atoms with van der Waals surface area (Å²) < 4.78 is 2.51. The molecule has 0 amide bonds. The third kappa shape index (κ3) is 4.88. The molecule has 0 N–H and O–H groups in total. The van der Waals surface area contributed by atoms with E-state index in [0.29, 0.717) is 17.5 Å². The number of aromatic nitrogens is 3. The summed E-state index contributed by atoms with van der Waals surface area (Å²) in [5, 5.41) is 2.45. The lowest BCUT2D eigenvalue weighted by Crippen LogP contribution is -2.00. The van der Waals surface area contributed by atoms with E-state index in [1.807, 2.05) is 72.0 Å². The fourth-order valence-electron chi connectivity index (χ4n) is 5.52. The van der Waals surface area contributed by atoms with Gasteiger partial charge in [-0.3, -0.25) is 0 Å². The fourth-order valence-corrected chi connectivity index (χ4v) is 6.59. The van der Waals surface area contributed by atoms with E-state index in [4.69, 9.17) is 15.0 Å². The van der Waals surface area contributed by atoms with Crippen LogP contribution in [0.5, 0.6) is 0 Å². The van der Waals surface area contributed by atoms with E-state index in [-0.39, 0.29) is 0 Å². The van der Waals surface area contributed by atoms with Gasteiger partial charge >= 0.3 is 0 Å². The van der Waals surface area contributed by atoms with E-state index in [0.717, 1.165) is 16.7 Å². The first-order valence-corrected chi connectivity index (χ1v) is 15.1. The SMILES string of the molecule is c1ccc(-c2ccc(-c3ccc4sc5ccc(-c6nc(-c7ccccc7)nc(-c7ccccc7)n6)cc5c4c3)cc2)cc1. The van der Waals surface area contributed by atoms with Crippen molar-refractivity contribution in [3.05, 3.63) is 152 Å². The van der Waals surface area contributed by atoms with Gasteiger partial charge in [-0.25, -0.2) is 15.0 Å². The van der Waals surface area contributed by atoms with Crippen LogP contribution in [0, 0.1) is 0 Å². The van der Waals surface area contributed by atoms with Crippen molar-refractivity contribution in [3.63, 3.8) is 0 Å².